The molecule has 0 radical (unpaired) electrons. The number of ether oxygens (including phenoxy) is 4. The molecule has 0 N–H and O–H groups in total. The topological polar surface area (TPSA) is 54.0 Å². The Morgan fingerprint density at radius 1 is 1.04 bits per heavy atom. The van der Waals surface area contributed by atoms with Gasteiger partial charge in [0, 0.05) is 6.07 Å². The Morgan fingerprint density at radius 3 is 2.60 bits per heavy atom. The van der Waals surface area contributed by atoms with E-state index < -0.39 is 0 Å². The van der Waals surface area contributed by atoms with Crippen molar-refractivity contribution in [1.82, 2.24) is 0 Å². The van der Waals surface area contributed by atoms with Crippen molar-refractivity contribution in [3.8, 4) is 23.0 Å². The van der Waals surface area contributed by atoms with Crippen LogP contribution in [0.1, 0.15) is 34.3 Å². The lowest BCUT2D eigenvalue weighted by atomic mass is 9.87. The van der Waals surface area contributed by atoms with Crippen LogP contribution in [0.3, 0.4) is 0 Å². The summed E-state index contributed by atoms with van der Waals surface area (Å²) in [5.41, 5.74) is 2.50. The van der Waals surface area contributed by atoms with E-state index in [0.29, 0.717) is 36.9 Å². The number of carbonyl (C=O) groups is 1. The fourth-order valence-corrected chi connectivity index (χ4v) is 3.35. The van der Waals surface area contributed by atoms with Crippen LogP contribution in [0, 0.1) is 0 Å². The summed E-state index contributed by atoms with van der Waals surface area (Å²) in [6.07, 6.45) is 0.790. The Morgan fingerprint density at radius 2 is 1.84 bits per heavy atom. The van der Waals surface area contributed by atoms with Gasteiger partial charge in [-0.2, -0.15) is 0 Å². The summed E-state index contributed by atoms with van der Waals surface area (Å²) in [7, 11) is 1.63. The third kappa shape index (κ3) is 2.69. The Hall–Kier alpha value is -2.69. The first kappa shape index (κ1) is 15.8. The molecule has 2 aliphatic rings. The van der Waals surface area contributed by atoms with Gasteiger partial charge >= 0.3 is 0 Å². The summed E-state index contributed by atoms with van der Waals surface area (Å²) in [5, 5.41) is 0. The van der Waals surface area contributed by atoms with Crippen molar-refractivity contribution in [3.05, 3.63) is 47.0 Å². The maximum absolute atomic E-state index is 13.1. The molecule has 0 unspecified atom stereocenters. The fourth-order valence-electron chi connectivity index (χ4n) is 3.35. The molecule has 2 aliphatic heterocycles. The molecular formula is C20H20O5. The molecule has 5 nitrogen and oxygen atoms in total. The minimum Gasteiger partial charge on any atom is -0.496 e. The van der Waals surface area contributed by atoms with Crippen LogP contribution >= 0.6 is 0 Å². The lowest BCUT2D eigenvalue weighted by molar-refractivity contribution is 0.0895. The SMILES string of the molecule is CCc1cc2c(cc1OC)OC[C@@H](c1ccc3c(c1)OCCO3)C2=O. The summed E-state index contributed by atoms with van der Waals surface area (Å²) in [6, 6.07) is 9.36. The van der Waals surface area contributed by atoms with E-state index in [1.807, 2.05) is 37.3 Å². The summed E-state index contributed by atoms with van der Waals surface area (Å²) in [5.74, 6) is 2.47. The molecule has 4 rings (SSSR count). The number of aryl methyl sites for hydroxylation is 1. The molecule has 0 spiro atoms. The van der Waals surface area contributed by atoms with E-state index in [1.165, 1.54) is 0 Å². The van der Waals surface area contributed by atoms with Crippen molar-refractivity contribution in [1.29, 1.82) is 0 Å². The second-order valence-electron chi connectivity index (χ2n) is 6.14. The van der Waals surface area contributed by atoms with Crippen molar-refractivity contribution < 1.29 is 23.7 Å². The van der Waals surface area contributed by atoms with E-state index in [1.54, 1.807) is 7.11 Å². The molecule has 0 aliphatic carbocycles. The molecule has 25 heavy (non-hydrogen) atoms. The summed E-state index contributed by atoms with van der Waals surface area (Å²) in [4.78, 5) is 13.1. The zero-order valence-electron chi connectivity index (χ0n) is 14.3. The molecule has 0 fully saturated rings. The van der Waals surface area contributed by atoms with Gasteiger partial charge in [-0.15, -0.1) is 0 Å². The lowest BCUT2D eigenvalue weighted by Gasteiger charge is -2.27. The minimum absolute atomic E-state index is 0.0651. The van der Waals surface area contributed by atoms with Crippen LogP contribution in [-0.4, -0.2) is 32.7 Å². The van der Waals surface area contributed by atoms with Gasteiger partial charge in [-0.25, -0.2) is 0 Å². The smallest absolute Gasteiger partial charge is 0.177 e. The normalized spacial score (nSPS) is 18.3. The Balaban J connectivity index is 1.69. The lowest BCUT2D eigenvalue weighted by Crippen LogP contribution is -2.26. The Kier molecular flexibility index (Phi) is 3.99. The number of methoxy groups -OCH3 is 1. The molecule has 5 heteroatoms. The average molecular weight is 340 g/mol. The third-order valence-corrected chi connectivity index (χ3v) is 4.72. The van der Waals surface area contributed by atoms with Crippen LogP contribution in [0.25, 0.3) is 0 Å². The van der Waals surface area contributed by atoms with Crippen molar-refractivity contribution in [2.75, 3.05) is 26.9 Å². The second kappa shape index (κ2) is 6.31. The number of rotatable bonds is 3. The standard InChI is InChI=1S/C20H20O5/c1-3-12-8-14-18(10-17(12)22-2)25-11-15(20(14)21)13-4-5-16-19(9-13)24-7-6-23-16/h4-5,8-10,15H,3,6-7,11H2,1-2H3/t15-/m0/s1. The molecule has 2 aromatic carbocycles. The van der Waals surface area contributed by atoms with E-state index in [9.17, 15) is 4.79 Å². The zero-order valence-corrected chi connectivity index (χ0v) is 14.3. The number of fused-ring (bicyclic) bond motifs is 2. The van der Waals surface area contributed by atoms with E-state index in [2.05, 4.69) is 0 Å². The quantitative estimate of drug-likeness (QED) is 0.857. The van der Waals surface area contributed by atoms with Crippen molar-refractivity contribution >= 4 is 5.78 Å². The van der Waals surface area contributed by atoms with Gasteiger partial charge in [-0.3, -0.25) is 4.79 Å². The number of hydrogen-bond acceptors (Lipinski definition) is 5. The second-order valence-corrected chi connectivity index (χ2v) is 6.14. The monoisotopic (exact) mass is 340 g/mol. The molecule has 130 valence electrons. The number of carbonyl (C=O) groups excluding carboxylic acids is 1. The largest absolute Gasteiger partial charge is 0.496 e. The van der Waals surface area contributed by atoms with Gasteiger partial charge in [0.15, 0.2) is 17.3 Å². The first-order valence-electron chi connectivity index (χ1n) is 8.48. The van der Waals surface area contributed by atoms with E-state index >= 15 is 0 Å². The number of ketones is 1. The molecule has 2 heterocycles. The van der Waals surface area contributed by atoms with Gasteiger partial charge in [0.25, 0.3) is 0 Å². The van der Waals surface area contributed by atoms with E-state index in [4.69, 9.17) is 18.9 Å². The molecule has 2 aromatic rings. The van der Waals surface area contributed by atoms with Crippen molar-refractivity contribution in [3.63, 3.8) is 0 Å². The predicted octanol–water partition coefficient (Wildman–Crippen LogP) is 3.39. The van der Waals surface area contributed by atoms with Crippen LogP contribution < -0.4 is 18.9 Å². The Bertz CT molecular complexity index is 827. The molecule has 0 bridgehead atoms. The first-order chi connectivity index (χ1) is 12.2. The van der Waals surface area contributed by atoms with Gasteiger partial charge in [0.05, 0.1) is 18.6 Å². The molecular weight excluding hydrogens is 320 g/mol. The predicted molar refractivity (Wildman–Crippen MR) is 92.4 cm³/mol. The number of Topliss-reactive ketones (excluding diaryl/α,β-unsaturated/α-hetero) is 1. The third-order valence-electron chi connectivity index (χ3n) is 4.72. The van der Waals surface area contributed by atoms with Crippen molar-refractivity contribution in [2.45, 2.75) is 19.3 Å². The highest BCUT2D eigenvalue weighted by Crippen LogP contribution is 2.39. The summed E-state index contributed by atoms with van der Waals surface area (Å²) >= 11 is 0. The maximum Gasteiger partial charge on any atom is 0.177 e. The minimum atomic E-state index is -0.346. The fraction of sp³-hybridized carbons (Fsp3) is 0.350. The Labute approximate surface area is 146 Å². The van der Waals surface area contributed by atoms with Crippen molar-refractivity contribution in [2.24, 2.45) is 0 Å². The average Bonchev–Trinajstić information content (AvgIpc) is 2.67. The molecule has 1 atom stereocenters. The first-order valence-corrected chi connectivity index (χ1v) is 8.48. The molecule has 0 saturated carbocycles. The highest BCUT2D eigenvalue weighted by Gasteiger charge is 2.32. The summed E-state index contributed by atoms with van der Waals surface area (Å²) in [6.45, 7) is 3.41. The number of benzene rings is 2. The van der Waals surface area contributed by atoms with Crippen LogP contribution in [0.2, 0.25) is 0 Å². The molecule has 0 saturated heterocycles. The summed E-state index contributed by atoms with van der Waals surface area (Å²) < 4.78 is 22.4. The van der Waals surface area contributed by atoms with Crippen LogP contribution in [-0.2, 0) is 6.42 Å². The van der Waals surface area contributed by atoms with Gasteiger partial charge in [0.2, 0.25) is 0 Å². The van der Waals surface area contributed by atoms with E-state index in [-0.39, 0.29) is 11.7 Å². The van der Waals surface area contributed by atoms with Gasteiger partial charge in [-0.1, -0.05) is 13.0 Å². The van der Waals surface area contributed by atoms with Crippen LogP contribution in [0.5, 0.6) is 23.0 Å². The zero-order chi connectivity index (χ0) is 17.4. The number of hydrogen-bond donors (Lipinski definition) is 0. The highest BCUT2D eigenvalue weighted by molar-refractivity contribution is 6.04. The van der Waals surface area contributed by atoms with E-state index in [0.717, 1.165) is 29.0 Å². The van der Waals surface area contributed by atoms with Crippen LogP contribution in [0.15, 0.2) is 30.3 Å². The van der Waals surface area contributed by atoms with Gasteiger partial charge in [0.1, 0.15) is 31.3 Å². The highest BCUT2D eigenvalue weighted by atomic mass is 16.6. The van der Waals surface area contributed by atoms with Gasteiger partial charge < -0.3 is 18.9 Å². The maximum atomic E-state index is 13.1. The van der Waals surface area contributed by atoms with Gasteiger partial charge in [-0.05, 0) is 35.7 Å². The molecule has 0 aromatic heterocycles. The van der Waals surface area contributed by atoms with Crippen LogP contribution in [0.4, 0.5) is 0 Å². The molecule has 0 amide bonds.